The highest BCUT2D eigenvalue weighted by Gasteiger charge is 2.29. The van der Waals surface area contributed by atoms with Gasteiger partial charge in [0.25, 0.3) is 5.91 Å². The van der Waals surface area contributed by atoms with Gasteiger partial charge in [0.1, 0.15) is 5.83 Å². The van der Waals surface area contributed by atoms with Gasteiger partial charge in [-0.1, -0.05) is 24.3 Å². The molecule has 0 radical (unpaired) electrons. The van der Waals surface area contributed by atoms with Crippen molar-refractivity contribution < 1.29 is 23.5 Å². The molecule has 3 rings (SSSR count). The zero-order valence-electron chi connectivity index (χ0n) is 20.9. The average Bonchev–Trinajstić information content (AvgIpc) is 2.91. The van der Waals surface area contributed by atoms with Gasteiger partial charge in [0.05, 0.1) is 25.3 Å². The Morgan fingerprint density at radius 1 is 1.08 bits per heavy atom. The average molecular weight is 515 g/mol. The fraction of sp³-hybridized carbons (Fsp3) is 0.462. The third-order valence-corrected chi connectivity index (χ3v) is 6.36. The van der Waals surface area contributed by atoms with E-state index in [4.69, 9.17) is 21.6 Å². The molecular formula is C26H35FN6O4. The van der Waals surface area contributed by atoms with Crippen molar-refractivity contribution in [2.75, 3.05) is 59.0 Å². The monoisotopic (exact) mass is 514 g/mol. The highest BCUT2D eigenvalue weighted by molar-refractivity contribution is 6.08. The maximum atomic E-state index is 14.7. The molecule has 1 atom stereocenters. The lowest BCUT2D eigenvalue weighted by atomic mass is 9.87. The van der Waals surface area contributed by atoms with Crippen LogP contribution in [0.1, 0.15) is 28.8 Å². The highest BCUT2D eigenvalue weighted by atomic mass is 19.1. The fourth-order valence-corrected chi connectivity index (χ4v) is 4.36. The Morgan fingerprint density at radius 3 is 2.43 bits per heavy atom. The van der Waals surface area contributed by atoms with Crippen LogP contribution < -0.4 is 16.8 Å². The summed E-state index contributed by atoms with van der Waals surface area (Å²) in [7, 11) is 0. The van der Waals surface area contributed by atoms with Gasteiger partial charge in [0.15, 0.2) is 0 Å². The Labute approximate surface area is 216 Å². The molecule has 37 heavy (non-hydrogen) atoms. The van der Waals surface area contributed by atoms with E-state index in [0.29, 0.717) is 64.5 Å². The van der Waals surface area contributed by atoms with Crippen molar-refractivity contribution in [3.05, 3.63) is 58.9 Å². The van der Waals surface area contributed by atoms with E-state index >= 15 is 0 Å². The number of carbonyl (C=O) groups is 3. The molecule has 2 aliphatic rings. The molecule has 1 aliphatic carbocycles. The first-order chi connectivity index (χ1) is 17.8. The van der Waals surface area contributed by atoms with Crippen molar-refractivity contribution in [1.29, 1.82) is 5.41 Å². The lowest BCUT2D eigenvalue weighted by Crippen LogP contribution is -2.52. The quantitative estimate of drug-likeness (QED) is 0.236. The number of nitrogens with two attached hydrogens (primary N) is 2. The summed E-state index contributed by atoms with van der Waals surface area (Å²) in [5.74, 6) is -1.96. The number of primary amides is 1. The number of hydrogen-bond donors (Lipinski definition) is 4. The van der Waals surface area contributed by atoms with Crippen LogP contribution in [0.3, 0.4) is 0 Å². The second-order valence-corrected chi connectivity index (χ2v) is 8.97. The van der Waals surface area contributed by atoms with Crippen molar-refractivity contribution in [3.63, 3.8) is 0 Å². The zero-order chi connectivity index (χ0) is 26.8. The van der Waals surface area contributed by atoms with E-state index in [-0.39, 0.29) is 41.6 Å². The van der Waals surface area contributed by atoms with Crippen LogP contribution >= 0.6 is 0 Å². The van der Waals surface area contributed by atoms with Gasteiger partial charge in [-0.2, -0.15) is 0 Å². The van der Waals surface area contributed by atoms with Crippen LogP contribution in [0.4, 0.5) is 4.39 Å². The van der Waals surface area contributed by atoms with Crippen LogP contribution in [0, 0.1) is 11.3 Å². The third-order valence-electron chi connectivity index (χ3n) is 6.36. The summed E-state index contributed by atoms with van der Waals surface area (Å²) >= 11 is 0. The van der Waals surface area contributed by atoms with Crippen molar-refractivity contribution in [2.45, 2.75) is 12.8 Å². The second-order valence-electron chi connectivity index (χ2n) is 8.97. The number of hydrogen-bond acceptors (Lipinski definition) is 7. The van der Waals surface area contributed by atoms with Gasteiger partial charge in [-0.25, -0.2) is 4.39 Å². The topological polar surface area (TPSA) is 155 Å². The molecule has 1 saturated heterocycles. The van der Waals surface area contributed by atoms with Gasteiger partial charge in [-0.15, -0.1) is 0 Å². The van der Waals surface area contributed by atoms with Crippen LogP contribution in [0.25, 0.3) is 0 Å². The van der Waals surface area contributed by atoms with Crippen molar-refractivity contribution in [2.24, 2.45) is 17.4 Å². The molecular weight excluding hydrogens is 479 g/mol. The number of allylic oxidation sites excluding steroid dienone is 2. The molecule has 6 N–H and O–H groups in total. The summed E-state index contributed by atoms with van der Waals surface area (Å²) in [6.07, 6.45) is 3.52. The molecule has 0 bridgehead atoms. The van der Waals surface area contributed by atoms with Gasteiger partial charge in [-0.3, -0.25) is 14.4 Å². The molecule has 1 aliphatic heterocycles. The van der Waals surface area contributed by atoms with Crippen molar-refractivity contribution in [1.82, 2.24) is 15.1 Å². The van der Waals surface area contributed by atoms with Gasteiger partial charge in [-0.05, 0) is 30.9 Å². The van der Waals surface area contributed by atoms with E-state index < -0.39 is 17.6 Å². The van der Waals surface area contributed by atoms with E-state index in [0.717, 1.165) is 0 Å². The number of ether oxygens (including phenoxy) is 1. The third kappa shape index (κ3) is 7.78. The molecule has 0 spiro atoms. The maximum Gasteiger partial charge on any atom is 0.256 e. The summed E-state index contributed by atoms with van der Waals surface area (Å²) in [5.41, 5.74) is 11.7. The van der Waals surface area contributed by atoms with Gasteiger partial charge < -0.3 is 36.7 Å². The number of nitrogens with zero attached hydrogens (tertiary/aromatic N) is 2. The molecule has 1 unspecified atom stereocenters. The molecule has 0 aromatic heterocycles. The molecule has 3 amide bonds. The van der Waals surface area contributed by atoms with Crippen LogP contribution in [-0.2, 0) is 14.3 Å². The Balaban J connectivity index is 1.53. The first-order valence-electron chi connectivity index (χ1n) is 12.4. The smallest absolute Gasteiger partial charge is 0.256 e. The number of nitrogens with one attached hydrogen (secondary N) is 2. The van der Waals surface area contributed by atoms with Gasteiger partial charge in [0, 0.05) is 56.1 Å². The van der Waals surface area contributed by atoms with E-state index in [9.17, 15) is 18.8 Å². The Morgan fingerprint density at radius 2 is 1.76 bits per heavy atom. The van der Waals surface area contributed by atoms with Crippen LogP contribution in [0.2, 0.25) is 0 Å². The second kappa shape index (κ2) is 13.8. The number of rotatable bonds is 12. The van der Waals surface area contributed by atoms with Crippen LogP contribution in [0.5, 0.6) is 0 Å². The lowest BCUT2D eigenvalue weighted by Gasteiger charge is -2.35. The zero-order valence-corrected chi connectivity index (χ0v) is 20.9. The lowest BCUT2D eigenvalue weighted by molar-refractivity contribution is -0.137. The van der Waals surface area contributed by atoms with E-state index in [2.05, 4.69) is 5.32 Å². The fourth-order valence-electron chi connectivity index (χ4n) is 4.36. The number of amides is 3. The number of piperazine rings is 1. The van der Waals surface area contributed by atoms with E-state index in [1.165, 1.54) is 6.08 Å². The number of benzene rings is 1. The molecule has 0 saturated carbocycles. The molecule has 11 heteroatoms. The molecule has 1 aromatic carbocycles. The minimum atomic E-state index is -0.619. The first kappa shape index (κ1) is 28.2. The summed E-state index contributed by atoms with van der Waals surface area (Å²) in [5, 5.41) is 11.5. The summed E-state index contributed by atoms with van der Waals surface area (Å²) < 4.78 is 19.9. The van der Waals surface area contributed by atoms with Crippen molar-refractivity contribution in [3.8, 4) is 0 Å². The standard InChI is InChI=1S/C26H35FN6O4/c27-22-6-5-18(16-23(29)19-3-1-2-4-20(19)25(30)35)15-21(22)26(36)33-11-9-32(10-12-33)24(34)17-31-8-14-37-13-7-28/h1-4,6,15,18,29,31H,5,7-14,16-17,28H2,(H2,30,35). The predicted octanol–water partition coefficient (Wildman–Crippen LogP) is 0.579. The minimum Gasteiger partial charge on any atom is -0.379 e. The van der Waals surface area contributed by atoms with Crippen molar-refractivity contribution >= 4 is 23.4 Å². The first-order valence-corrected chi connectivity index (χ1v) is 12.4. The van der Waals surface area contributed by atoms with E-state index in [1.807, 2.05) is 0 Å². The van der Waals surface area contributed by atoms with Gasteiger partial charge >= 0.3 is 0 Å². The Bertz CT molecular complexity index is 1060. The predicted molar refractivity (Wildman–Crippen MR) is 138 cm³/mol. The number of carbonyl (C=O) groups excluding carboxylic acids is 3. The highest BCUT2D eigenvalue weighted by Crippen LogP contribution is 2.29. The SMILES string of the molecule is N=C(CC1C=C(C(=O)N2CCN(C(=O)CNCCOCCN)CC2)C(F)=CC1)c1ccccc1C(N)=O. The summed E-state index contributed by atoms with van der Waals surface area (Å²) in [6.45, 7) is 3.46. The molecule has 200 valence electrons. The van der Waals surface area contributed by atoms with Gasteiger partial charge in [0.2, 0.25) is 11.8 Å². The normalized spacial score (nSPS) is 17.7. The molecule has 1 fully saturated rings. The number of halogens is 1. The Kier molecular flexibility index (Phi) is 10.5. The van der Waals surface area contributed by atoms with Crippen LogP contribution in [0.15, 0.2) is 47.8 Å². The molecule has 1 aromatic rings. The maximum absolute atomic E-state index is 14.7. The summed E-state index contributed by atoms with van der Waals surface area (Å²) in [6, 6.07) is 6.62. The summed E-state index contributed by atoms with van der Waals surface area (Å²) in [4.78, 5) is 40.5. The Hall–Kier alpha value is -3.41. The minimum absolute atomic E-state index is 0.0221. The molecule has 10 nitrogen and oxygen atoms in total. The van der Waals surface area contributed by atoms with E-state index in [1.54, 1.807) is 40.1 Å². The molecule has 1 heterocycles. The largest absolute Gasteiger partial charge is 0.379 e. The van der Waals surface area contributed by atoms with Crippen LogP contribution in [-0.4, -0.2) is 92.3 Å².